The van der Waals surface area contributed by atoms with Crippen molar-refractivity contribution >= 4 is 11.9 Å². The molecule has 5 nitrogen and oxygen atoms in total. The summed E-state index contributed by atoms with van der Waals surface area (Å²) in [6, 6.07) is 24.4. The summed E-state index contributed by atoms with van der Waals surface area (Å²) in [5, 5.41) is 12.8. The van der Waals surface area contributed by atoms with Crippen LogP contribution in [0.5, 0.6) is 0 Å². The number of nitrogens with zero attached hydrogens (tertiary/aromatic N) is 1. The number of rotatable bonds is 4. The number of fused-ring (bicyclic) bond motifs is 1. The molecule has 2 unspecified atom stereocenters. The Hall–Kier alpha value is -3.44. The van der Waals surface area contributed by atoms with Crippen molar-refractivity contribution in [3.05, 3.63) is 84.4 Å². The Morgan fingerprint density at radius 3 is 1.97 bits per heavy atom. The Morgan fingerprint density at radius 1 is 0.862 bits per heavy atom. The quantitative estimate of drug-likeness (QED) is 0.521. The van der Waals surface area contributed by atoms with E-state index in [9.17, 15) is 14.7 Å². The molecule has 3 amide bonds. The van der Waals surface area contributed by atoms with Crippen LogP contribution < -0.4 is 5.32 Å². The third-order valence-corrected chi connectivity index (χ3v) is 5.21. The first kappa shape index (κ1) is 18.9. The van der Waals surface area contributed by atoms with Crippen LogP contribution in [0.3, 0.4) is 0 Å². The molecule has 0 radical (unpaired) electrons. The monoisotopic (exact) mass is 386 g/mol. The van der Waals surface area contributed by atoms with Crippen LogP contribution in [0, 0.1) is 0 Å². The second-order valence-electron chi connectivity index (χ2n) is 7.04. The van der Waals surface area contributed by atoms with Crippen molar-refractivity contribution in [2.75, 3.05) is 6.54 Å². The summed E-state index contributed by atoms with van der Waals surface area (Å²) in [7, 11) is 0. The molecule has 2 aliphatic carbocycles. The van der Waals surface area contributed by atoms with E-state index in [0.29, 0.717) is 12.1 Å². The van der Waals surface area contributed by atoms with Gasteiger partial charge in [0.05, 0.1) is 0 Å². The van der Waals surface area contributed by atoms with Crippen molar-refractivity contribution < 1.29 is 14.7 Å². The molecule has 3 aliphatic rings. The maximum Gasteiger partial charge on any atom is 0.324 e. The molecule has 2 atom stereocenters. The lowest BCUT2D eigenvalue weighted by Gasteiger charge is -2.24. The number of nitrogens with one attached hydrogen (secondary N) is 1. The molecule has 0 bridgehead atoms. The second-order valence-corrected chi connectivity index (χ2v) is 7.04. The molecule has 0 aromatic heterocycles. The average molecular weight is 386 g/mol. The maximum absolute atomic E-state index is 11.9. The number of hydrogen-bond acceptors (Lipinski definition) is 3. The Morgan fingerprint density at radius 2 is 1.45 bits per heavy atom. The van der Waals surface area contributed by atoms with Gasteiger partial charge in [0.1, 0.15) is 12.1 Å². The number of aliphatic hydroxyl groups is 1. The minimum atomic E-state index is -1.05. The van der Waals surface area contributed by atoms with Crippen molar-refractivity contribution in [3.63, 3.8) is 0 Å². The zero-order valence-corrected chi connectivity index (χ0v) is 16.1. The highest BCUT2D eigenvalue weighted by atomic mass is 16.3. The van der Waals surface area contributed by atoms with Crippen molar-refractivity contribution in [2.45, 2.75) is 19.1 Å². The zero-order valence-electron chi connectivity index (χ0n) is 16.1. The summed E-state index contributed by atoms with van der Waals surface area (Å²) in [5.41, 5.74) is 5.57. The number of carbonyl (C=O) groups excluding carboxylic acids is 2. The van der Waals surface area contributed by atoms with Crippen molar-refractivity contribution in [3.8, 4) is 22.3 Å². The summed E-state index contributed by atoms with van der Waals surface area (Å²) in [6.45, 7) is 2.14. The number of likely N-dealkylation sites (N-methyl/N-ethyl adjacent to an activating group) is 1. The van der Waals surface area contributed by atoms with Crippen LogP contribution in [0.2, 0.25) is 0 Å². The van der Waals surface area contributed by atoms with E-state index in [1.54, 1.807) is 19.1 Å². The molecule has 5 rings (SSSR count). The number of imide groups is 1. The standard InChI is InChI=1S/C18H18N2O3.C6H4/c1-2-20-15(17(22)19-18(20)23)16(21)14-10-8-13(9-11-14)12-6-4-3-5-7-12;1-2-5-4-6(5)3-1/h3-11,15-16,21H,2H2,1H3,(H,19,22,23);1-4H. The third-order valence-electron chi connectivity index (χ3n) is 5.21. The summed E-state index contributed by atoms with van der Waals surface area (Å²) in [4.78, 5) is 25.0. The van der Waals surface area contributed by atoms with Crippen LogP contribution in [-0.2, 0) is 4.79 Å². The first-order valence-corrected chi connectivity index (χ1v) is 9.64. The summed E-state index contributed by atoms with van der Waals surface area (Å²) in [6.07, 6.45) is -1.05. The van der Waals surface area contributed by atoms with Crippen LogP contribution in [0.1, 0.15) is 18.6 Å². The fourth-order valence-electron chi connectivity index (χ4n) is 3.53. The van der Waals surface area contributed by atoms with Gasteiger partial charge in [0.15, 0.2) is 0 Å². The first-order chi connectivity index (χ1) is 14.1. The molecule has 0 saturated carbocycles. The molecule has 2 N–H and O–H groups in total. The van der Waals surface area contributed by atoms with E-state index in [2.05, 4.69) is 29.6 Å². The molecule has 146 valence electrons. The highest BCUT2D eigenvalue weighted by Crippen LogP contribution is 2.32. The van der Waals surface area contributed by atoms with E-state index in [0.717, 1.165) is 11.1 Å². The highest BCUT2D eigenvalue weighted by Gasteiger charge is 2.42. The van der Waals surface area contributed by atoms with Gasteiger partial charge in [-0.3, -0.25) is 10.1 Å². The summed E-state index contributed by atoms with van der Waals surface area (Å²) < 4.78 is 0. The number of hydrogen-bond donors (Lipinski definition) is 2. The Labute approximate surface area is 169 Å². The second kappa shape index (κ2) is 7.89. The number of aliphatic hydroxyl groups excluding tert-OH is 1. The topological polar surface area (TPSA) is 69.6 Å². The van der Waals surface area contributed by atoms with E-state index in [-0.39, 0.29) is 0 Å². The lowest BCUT2D eigenvalue weighted by Crippen LogP contribution is -2.39. The smallest absolute Gasteiger partial charge is 0.324 e. The normalized spacial score (nSPS) is 17.3. The molecule has 2 aromatic rings. The van der Waals surface area contributed by atoms with Crippen LogP contribution in [0.15, 0.2) is 78.9 Å². The van der Waals surface area contributed by atoms with Gasteiger partial charge >= 0.3 is 6.03 Å². The molecule has 1 fully saturated rings. The number of carbonyl (C=O) groups is 2. The average Bonchev–Trinajstić information content (AvgIpc) is 3.23. The number of benzene rings is 3. The zero-order chi connectivity index (χ0) is 20.4. The molecular formula is C24H22N2O3. The fourth-order valence-corrected chi connectivity index (χ4v) is 3.53. The van der Waals surface area contributed by atoms with Crippen LogP contribution in [0.25, 0.3) is 22.3 Å². The SMILES string of the molecule is CCN1C(=O)NC(=O)C1C(O)c1ccc(-c2ccccc2)cc1.c1cc2cc-2c1. The van der Waals surface area contributed by atoms with E-state index >= 15 is 0 Å². The Kier molecular flexibility index (Phi) is 5.14. The molecule has 1 saturated heterocycles. The van der Waals surface area contributed by atoms with Gasteiger partial charge < -0.3 is 10.0 Å². The van der Waals surface area contributed by atoms with E-state index in [4.69, 9.17) is 0 Å². The van der Waals surface area contributed by atoms with Crippen molar-refractivity contribution in [1.82, 2.24) is 10.2 Å². The molecular weight excluding hydrogens is 364 g/mol. The van der Waals surface area contributed by atoms with E-state index in [1.165, 1.54) is 16.0 Å². The number of amides is 3. The predicted octanol–water partition coefficient (Wildman–Crippen LogP) is 3.99. The highest BCUT2D eigenvalue weighted by molar-refractivity contribution is 6.04. The molecule has 5 heteroatoms. The van der Waals surface area contributed by atoms with Crippen LogP contribution in [-0.4, -0.2) is 34.5 Å². The van der Waals surface area contributed by atoms with Crippen molar-refractivity contribution in [2.24, 2.45) is 0 Å². The lowest BCUT2D eigenvalue weighted by molar-refractivity contribution is -0.124. The maximum atomic E-state index is 11.9. The lowest BCUT2D eigenvalue weighted by atomic mass is 9.98. The van der Waals surface area contributed by atoms with E-state index < -0.39 is 24.1 Å². The van der Waals surface area contributed by atoms with Gasteiger partial charge in [-0.15, -0.1) is 0 Å². The molecule has 0 spiro atoms. The minimum Gasteiger partial charge on any atom is -0.386 e. The number of urea groups is 1. The fraction of sp³-hybridized carbons (Fsp3) is 0.167. The summed E-state index contributed by atoms with van der Waals surface area (Å²) in [5.74, 6) is -0.462. The molecule has 2 aromatic carbocycles. The van der Waals surface area contributed by atoms with Crippen LogP contribution in [0.4, 0.5) is 4.79 Å². The van der Waals surface area contributed by atoms with Gasteiger partial charge in [-0.05, 0) is 40.8 Å². The Balaban J connectivity index is 0.000000286. The van der Waals surface area contributed by atoms with Gasteiger partial charge in [0.25, 0.3) is 5.91 Å². The molecule has 1 aliphatic heterocycles. The van der Waals surface area contributed by atoms with E-state index in [1.807, 2.05) is 42.5 Å². The largest absolute Gasteiger partial charge is 0.386 e. The van der Waals surface area contributed by atoms with Crippen molar-refractivity contribution in [1.29, 1.82) is 0 Å². The predicted molar refractivity (Wildman–Crippen MR) is 112 cm³/mol. The van der Waals surface area contributed by atoms with Gasteiger partial charge in [0, 0.05) is 6.54 Å². The minimum absolute atomic E-state index is 0.362. The van der Waals surface area contributed by atoms with Crippen LogP contribution >= 0.6 is 0 Å². The third kappa shape index (κ3) is 3.91. The van der Waals surface area contributed by atoms with Gasteiger partial charge in [-0.1, -0.05) is 72.8 Å². The summed E-state index contributed by atoms with van der Waals surface area (Å²) >= 11 is 0. The van der Waals surface area contributed by atoms with Gasteiger partial charge in [0.2, 0.25) is 0 Å². The molecule has 1 heterocycles. The first-order valence-electron chi connectivity index (χ1n) is 9.64. The van der Waals surface area contributed by atoms with Gasteiger partial charge in [-0.25, -0.2) is 4.79 Å². The van der Waals surface area contributed by atoms with Gasteiger partial charge in [-0.2, -0.15) is 0 Å². The Bertz CT molecular complexity index is 1010. The molecule has 29 heavy (non-hydrogen) atoms.